The number of likely N-dealkylation sites (tertiary alicyclic amines) is 1. The molecule has 0 bridgehead atoms. The molecule has 3 aromatic rings. The van der Waals surface area contributed by atoms with E-state index in [2.05, 4.69) is 34.1 Å². The Labute approximate surface area is 201 Å². The molecule has 34 heavy (non-hydrogen) atoms. The molecule has 2 fully saturated rings. The van der Waals surface area contributed by atoms with E-state index in [0.29, 0.717) is 19.7 Å². The Morgan fingerprint density at radius 3 is 2.62 bits per heavy atom. The molecule has 3 heterocycles. The molecule has 0 radical (unpaired) electrons. The van der Waals surface area contributed by atoms with Crippen molar-refractivity contribution >= 4 is 6.09 Å². The zero-order chi connectivity index (χ0) is 23.2. The molecule has 2 aliphatic rings. The highest BCUT2D eigenvalue weighted by atomic mass is 16.6. The molecule has 2 aliphatic heterocycles. The van der Waals surface area contributed by atoms with Gasteiger partial charge < -0.3 is 9.47 Å². The fourth-order valence-corrected chi connectivity index (χ4v) is 4.89. The van der Waals surface area contributed by atoms with E-state index in [1.807, 2.05) is 53.4 Å². The van der Waals surface area contributed by atoms with Crippen LogP contribution in [0, 0.1) is 0 Å². The van der Waals surface area contributed by atoms with Crippen LogP contribution in [0.15, 0.2) is 79.0 Å². The summed E-state index contributed by atoms with van der Waals surface area (Å²) in [4.78, 5) is 21.2. The van der Waals surface area contributed by atoms with Gasteiger partial charge in [-0.05, 0) is 54.8 Å². The van der Waals surface area contributed by atoms with Crippen LogP contribution in [0.1, 0.15) is 36.1 Å². The summed E-state index contributed by atoms with van der Waals surface area (Å²) < 4.78 is 11.9. The molecule has 2 saturated heterocycles. The van der Waals surface area contributed by atoms with Crippen molar-refractivity contribution in [2.45, 2.75) is 44.6 Å². The van der Waals surface area contributed by atoms with Gasteiger partial charge in [0.25, 0.3) is 0 Å². The van der Waals surface area contributed by atoms with Crippen LogP contribution in [0.5, 0.6) is 5.75 Å². The van der Waals surface area contributed by atoms with E-state index >= 15 is 0 Å². The lowest BCUT2D eigenvalue weighted by Gasteiger charge is -2.25. The summed E-state index contributed by atoms with van der Waals surface area (Å²) in [5.74, 6) is 0.857. The largest absolute Gasteiger partial charge is 0.487 e. The van der Waals surface area contributed by atoms with Crippen LogP contribution in [0.25, 0.3) is 0 Å². The van der Waals surface area contributed by atoms with E-state index in [9.17, 15) is 4.79 Å². The number of pyridine rings is 1. The predicted molar refractivity (Wildman–Crippen MR) is 130 cm³/mol. The second-order valence-electron chi connectivity index (χ2n) is 9.28. The number of carbonyl (C=O) groups excluding carboxylic acids is 1. The lowest BCUT2D eigenvalue weighted by molar-refractivity contribution is 0.0443. The maximum atomic E-state index is 12.6. The van der Waals surface area contributed by atoms with E-state index in [1.54, 1.807) is 6.20 Å². The van der Waals surface area contributed by atoms with Crippen LogP contribution in [0.3, 0.4) is 0 Å². The topological polar surface area (TPSA) is 54.9 Å². The van der Waals surface area contributed by atoms with Gasteiger partial charge in [-0.2, -0.15) is 0 Å². The predicted octanol–water partition coefficient (Wildman–Crippen LogP) is 5.04. The normalized spacial score (nSPS) is 20.8. The van der Waals surface area contributed by atoms with Crippen molar-refractivity contribution in [1.29, 1.82) is 0 Å². The SMILES string of the molecule is O=C1O[C@]2(CCCN(Cc3cccc(OCc4ccccn4)c3)CC2)CN1Cc1ccccc1. The van der Waals surface area contributed by atoms with Crippen molar-refractivity contribution in [1.82, 2.24) is 14.8 Å². The van der Waals surface area contributed by atoms with Gasteiger partial charge in [0.2, 0.25) is 0 Å². The van der Waals surface area contributed by atoms with Gasteiger partial charge in [0.1, 0.15) is 18.0 Å². The second kappa shape index (κ2) is 10.3. The zero-order valence-corrected chi connectivity index (χ0v) is 19.4. The molecule has 0 aliphatic carbocycles. The summed E-state index contributed by atoms with van der Waals surface area (Å²) >= 11 is 0. The molecule has 6 nitrogen and oxygen atoms in total. The fourth-order valence-electron chi connectivity index (χ4n) is 4.89. The van der Waals surface area contributed by atoms with Gasteiger partial charge >= 0.3 is 6.09 Å². The molecule has 6 heteroatoms. The molecule has 0 saturated carbocycles. The van der Waals surface area contributed by atoms with Crippen LogP contribution in [-0.2, 0) is 24.4 Å². The molecule has 1 amide bonds. The van der Waals surface area contributed by atoms with Gasteiger partial charge in [-0.25, -0.2) is 4.79 Å². The minimum Gasteiger partial charge on any atom is -0.487 e. The average Bonchev–Trinajstić information content (AvgIpc) is 3.04. The summed E-state index contributed by atoms with van der Waals surface area (Å²) in [5.41, 5.74) is 2.91. The molecule has 0 unspecified atom stereocenters. The summed E-state index contributed by atoms with van der Waals surface area (Å²) in [6, 6.07) is 24.3. The molecule has 1 aromatic heterocycles. The van der Waals surface area contributed by atoms with E-state index < -0.39 is 0 Å². The molecule has 2 aromatic carbocycles. The standard InChI is InChI=1S/C28H31N3O3/c32-27-31(20-23-8-2-1-3-9-23)22-28(34-27)13-7-16-30(17-14-28)19-24-10-6-12-26(18-24)33-21-25-11-4-5-15-29-25/h1-6,8-12,15,18H,7,13-14,16-17,19-22H2/t28-/m0/s1. The van der Waals surface area contributed by atoms with Crippen LogP contribution < -0.4 is 4.74 Å². The van der Waals surface area contributed by atoms with E-state index in [4.69, 9.17) is 9.47 Å². The third-order valence-electron chi connectivity index (χ3n) is 6.67. The first-order valence-corrected chi connectivity index (χ1v) is 12.0. The zero-order valence-electron chi connectivity index (χ0n) is 19.4. The minimum absolute atomic E-state index is 0.185. The molecule has 0 N–H and O–H groups in total. The Morgan fingerprint density at radius 2 is 1.76 bits per heavy atom. The first-order valence-electron chi connectivity index (χ1n) is 12.0. The third-order valence-corrected chi connectivity index (χ3v) is 6.67. The quantitative estimate of drug-likeness (QED) is 0.498. The van der Waals surface area contributed by atoms with E-state index in [-0.39, 0.29) is 11.7 Å². The number of benzene rings is 2. The number of aromatic nitrogens is 1. The fraction of sp³-hybridized carbons (Fsp3) is 0.357. The van der Waals surface area contributed by atoms with Gasteiger partial charge in [0.15, 0.2) is 0 Å². The van der Waals surface area contributed by atoms with Crippen molar-refractivity contribution in [3.63, 3.8) is 0 Å². The minimum atomic E-state index is -0.367. The van der Waals surface area contributed by atoms with E-state index in [0.717, 1.165) is 55.9 Å². The maximum absolute atomic E-state index is 12.6. The molecular formula is C28H31N3O3. The number of ether oxygens (including phenoxy) is 2. The monoisotopic (exact) mass is 457 g/mol. The smallest absolute Gasteiger partial charge is 0.410 e. The molecule has 5 rings (SSSR count). The summed E-state index contributed by atoms with van der Waals surface area (Å²) in [6.45, 7) is 4.50. The lowest BCUT2D eigenvalue weighted by Crippen LogP contribution is -2.35. The molecule has 1 spiro atoms. The Hall–Kier alpha value is -3.38. The van der Waals surface area contributed by atoms with Gasteiger partial charge in [0.05, 0.1) is 12.2 Å². The average molecular weight is 458 g/mol. The van der Waals surface area contributed by atoms with E-state index in [1.165, 1.54) is 5.56 Å². The molecular weight excluding hydrogens is 426 g/mol. The van der Waals surface area contributed by atoms with Gasteiger partial charge in [-0.1, -0.05) is 48.5 Å². The van der Waals surface area contributed by atoms with Crippen LogP contribution in [0.4, 0.5) is 4.79 Å². The highest BCUT2D eigenvalue weighted by Crippen LogP contribution is 2.34. The van der Waals surface area contributed by atoms with Gasteiger partial charge in [-0.15, -0.1) is 0 Å². The van der Waals surface area contributed by atoms with Crippen LogP contribution >= 0.6 is 0 Å². The molecule has 1 atom stereocenters. The number of hydrogen-bond donors (Lipinski definition) is 0. The number of amides is 1. The van der Waals surface area contributed by atoms with Crippen LogP contribution in [0.2, 0.25) is 0 Å². The second-order valence-corrected chi connectivity index (χ2v) is 9.28. The number of nitrogens with zero attached hydrogens (tertiary/aromatic N) is 3. The van der Waals surface area contributed by atoms with Gasteiger partial charge in [-0.3, -0.25) is 14.8 Å². The van der Waals surface area contributed by atoms with Crippen molar-refractivity contribution in [2.75, 3.05) is 19.6 Å². The first-order chi connectivity index (χ1) is 16.7. The molecule has 176 valence electrons. The Kier molecular flexibility index (Phi) is 6.77. The van der Waals surface area contributed by atoms with Crippen molar-refractivity contribution in [3.8, 4) is 5.75 Å². The number of carbonyl (C=O) groups is 1. The van der Waals surface area contributed by atoms with Crippen molar-refractivity contribution < 1.29 is 14.3 Å². The maximum Gasteiger partial charge on any atom is 0.410 e. The van der Waals surface area contributed by atoms with Crippen LogP contribution in [-0.4, -0.2) is 46.1 Å². The highest BCUT2D eigenvalue weighted by molar-refractivity contribution is 5.70. The van der Waals surface area contributed by atoms with Crippen molar-refractivity contribution in [3.05, 3.63) is 95.8 Å². The Bertz CT molecular complexity index is 1090. The summed E-state index contributed by atoms with van der Waals surface area (Å²) in [7, 11) is 0. The highest BCUT2D eigenvalue weighted by Gasteiger charge is 2.45. The summed E-state index contributed by atoms with van der Waals surface area (Å²) in [6.07, 6.45) is 4.38. The Morgan fingerprint density at radius 1 is 0.912 bits per heavy atom. The summed E-state index contributed by atoms with van der Waals surface area (Å²) in [5, 5.41) is 0. The Balaban J connectivity index is 1.16. The lowest BCUT2D eigenvalue weighted by atomic mass is 9.95. The first kappa shape index (κ1) is 22.4. The van der Waals surface area contributed by atoms with Gasteiger partial charge in [0, 0.05) is 32.3 Å². The number of hydrogen-bond acceptors (Lipinski definition) is 5. The third kappa shape index (κ3) is 5.57. The van der Waals surface area contributed by atoms with Crippen molar-refractivity contribution in [2.24, 2.45) is 0 Å². The number of rotatable bonds is 7.